The summed E-state index contributed by atoms with van der Waals surface area (Å²) in [6.07, 6.45) is 11.3. The number of fused-ring (bicyclic) bond motifs is 3. The van der Waals surface area contributed by atoms with Gasteiger partial charge in [0.05, 0.1) is 36.7 Å². The number of nitriles is 1. The van der Waals surface area contributed by atoms with E-state index in [4.69, 9.17) is 4.74 Å². The van der Waals surface area contributed by atoms with Crippen LogP contribution < -0.4 is 10.6 Å². The highest BCUT2D eigenvalue weighted by molar-refractivity contribution is 5.87. The largest absolute Gasteiger partial charge is 0.348 e. The molecule has 9 atom stereocenters. The summed E-state index contributed by atoms with van der Waals surface area (Å²) in [5.41, 5.74) is -0.273. The van der Waals surface area contributed by atoms with Crippen LogP contribution in [0.1, 0.15) is 64.2 Å². The Labute approximate surface area is 245 Å². The van der Waals surface area contributed by atoms with Gasteiger partial charge in [0, 0.05) is 50.7 Å². The molecule has 10 heteroatoms. The van der Waals surface area contributed by atoms with Crippen molar-refractivity contribution in [1.29, 1.82) is 5.26 Å². The fourth-order valence-corrected chi connectivity index (χ4v) is 9.45. The Bertz CT molecular complexity index is 1050. The van der Waals surface area contributed by atoms with Crippen molar-refractivity contribution < 1.29 is 14.3 Å². The number of rotatable bonds is 6. The number of hydrogen-bond donors (Lipinski definition) is 2. The van der Waals surface area contributed by atoms with E-state index in [1.807, 2.05) is 7.05 Å². The van der Waals surface area contributed by atoms with Crippen molar-refractivity contribution in [3.63, 3.8) is 0 Å². The topological polar surface area (TPSA) is 104 Å². The van der Waals surface area contributed by atoms with Crippen LogP contribution in [-0.2, 0) is 14.3 Å². The van der Waals surface area contributed by atoms with E-state index in [1.54, 1.807) is 4.90 Å². The smallest absolute Gasteiger partial charge is 0.246 e. The molecule has 4 heterocycles. The van der Waals surface area contributed by atoms with Gasteiger partial charge < -0.3 is 19.4 Å². The van der Waals surface area contributed by atoms with Crippen molar-refractivity contribution in [2.45, 2.75) is 101 Å². The first-order chi connectivity index (χ1) is 19.9. The SMILES string of the molecule is C=CC(=O)N1CCN(C2NC(OC[C@@H]3CCCN3C)NC3C[C@]4(CCC32)C(=O)N(C)C2CCCCC24)C[C@@H]1CC#N. The predicted molar refractivity (Wildman–Crippen MR) is 155 cm³/mol. The van der Waals surface area contributed by atoms with E-state index in [9.17, 15) is 14.9 Å². The van der Waals surface area contributed by atoms with Crippen LogP contribution in [0.5, 0.6) is 0 Å². The molecule has 4 aliphatic heterocycles. The third kappa shape index (κ3) is 5.22. The Hall–Kier alpha value is -2.03. The molecule has 2 amide bonds. The Morgan fingerprint density at radius 1 is 1.12 bits per heavy atom. The van der Waals surface area contributed by atoms with Gasteiger partial charge in [-0.2, -0.15) is 5.26 Å². The van der Waals surface area contributed by atoms with E-state index in [0.29, 0.717) is 55.9 Å². The van der Waals surface area contributed by atoms with E-state index in [-0.39, 0.29) is 35.9 Å². The molecule has 2 aliphatic carbocycles. The summed E-state index contributed by atoms with van der Waals surface area (Å²) in [7, 11) is 4.21. The van der Waals surface area contributed by atoms with Crippen molar-refractivity contribution in [3.8, 4) is 6.07 Å². The van der Waals surface area contributed by atoms with Crippen LogP contribution >= 0.6 is 0 Å². The first kappa shape index (κ1) is 29.1. The van der Waals surface area contributed by atoms with Crippen LogP contribution in [0.3, 0.4) is 0 Å². The van der Waals surface area contributed by atoms with Crippen molar-refractivity contribution >= 4 is 11.8 Å². The average Bonchev–Trinajstić information content (AvgIpc) is 3.50. The molecule has 0 radical (unpaired) electrons. The Kier molecular flexibility index (Phi) is 8.45. The molecule has 6 unspecified atom stereocenters. The minimum atomic E-state index is -0.302. The second-order valence-corrected chi connectivity index (χ2v) is 13.6. The van der Waals surface area contributed by atoms with Crippen LogP contribution in [0.15, 0.2) is 12.7 Å². The van der Waals surface area contributed by atoms with Gasteiger partial charge in [-0.3, -0.25) is 25.1 Å². The molecular weight excluding hydrogens is 518 g/mol. The minimum absolute atomic E-state index is 0.0588. The molecule has 2 saturated carbocycles. The fraction of sp³-hybridized carbons (Fsp3) is 0.839. The van der Waals surface area contributed by atoms with E-state index < -0.39 is 0 Å². The second kappa shape index (κ2) is 11.9. The zero-order valence-corrected chi connectivity index (χ0v) is 25.0. The van der Waals surface area contributed by atoms with Crippen LogP contribution in [0, 0.1) is 28.6 Å². The maximum Gasteiger partial charge on any atom is 0.246 e. The molecule has 0 aromatic rings. The van der Waals surface area contributed by atoms with Gasteiger partial charge in [0.1, 0.15) is 0 Å². The Morgan fingerprint density at radius 3 is 2.71 bits per heavy atom. The molecular formula is C31H49N7O3. The van der Waals surface area contributed by atoms with Crippen molar-refractivity contribution in [2.75, 3.05) is 46.9 Å². The maximum atomic E-state index is 13.9. The molecule has 0 bridgehead atoms. The summed E-state index contributed by atoms with van der Waals surface area (Å²) in [4.78, 5) is 35.2. The minimum Gasteiger partial charge on any atom is -0.348 e. The second-order valence-electron chi connectivity index (χ2n) is 13.6. The van der Waals surface area contributed by atoms with Crippen molar-refractivity contribution in [2.24, 2.45) is 17.3 Å². The van der Waals surface area contributed by atoms with Crippen molar-refractivity contribution in [1.82, 2.24) is 30.2 Å². The number of likely N-dealkylation sites (tertiary alicyclic amines) is 2. The average molecular weight is 568 g/mol. The Balaban J connectivity index is 1.23. The molecule has 6 aliphatic rings. The monoisotopic (exact) mass is 567 g/mol. The number of ether oxygens (including phenoxy) is 1. The summed E-state index contributed by atoms with van der Waals surface area (Å²) < 4.78 is 6.55. The lowest BCUT2D eigenvalue weighted by atomic mass is 9.58. The third-order valence-corrected chi connectivity index (χ3v) is 11.6. The van der Waals surface area contributed by atoms with Gasteiger partial charge in [0.25, 0.3) is 0 Å². The number of piperazine rings is 1. The molecule has 0 aromatic carbocycles. The third-order valence-electron chi connectivity index (χ3n) is 11.6. The lowest BCUT2D eigenvalue weighted by Crippen LogP contribution is -2.73. The van der Waals surface area contributed by atoms with E-state index in [0.717, 1.165) is 51.6 Å². The molecule has 6 rings (SSSR count). The summed E-state index contributed by atoms with van der Waals surface area (Å²) in [6, 6.07) is 3.12. The lowest BCUT2D eigenvalue weighted by Gasteiger charge is -2.55. The normalized spacial score (nSPS) is 41.7. The lowest BCUT2D eigenvalue weighted by molar-refractivity contribution is -0.147. The highest BCUT2D eigenvalue weighted by Crippen LogP contribution is 2.56. The molecule has 10 nitrogen and oxygen atoms in total. The van der Waals surface area contributed by atoms with Gasteiger partial charge in [-0.1, -0.05) is 19.4 Å². The highest BCUT2D eigenvalue weighted by Gasteiger charge is 2.61. The molecule has 1 spiro atoms. The maximum absolute atomic E-state index is 13.9. The first-order valence-electron chi connectivity index (χ1n) is 16.0. The van der Waals surface area contributed by atoms with Gasteiger partial charge in [0.15, 0.2) is 6.35 Å². The molecule has 4 saturated heterocycles. The molecule has 226 valence electrons. The van der Waals surface area contributed by atoms with Crippen molar-refractivity contribution in [3.05, 3.63) is 12.7 Å². The standard InChI is InChI=1S/C31H49N7O3/c1-4-27(39)38-17-16-37(19-21(38)12-14-32)28-23-11-13-31(24-9-5-6-10-26(24)36(3)29(31)40)18-25(23)33-30(34-28)41-20-22-8-7-15-35(22)2/h4,21-26,28,30,33-34H,1,5-13,15-20H2,2-3H3/t21-,22-,23?,24?,25?,26?,28?,30?,31-/m0/s1. The molecule has 2 N–H and O–H groups in total. The number of likely N-dealkylation sites (N-methyl/N-ethyl adjacent to an activating group) is 1. The van der Waals surface area contributed by atoms with Crippen LogP contribution in [0.2, 0.25) is 0 Å². The van der Waals surface area contributed by atoms with E-state index >= 15 is 0 Å². The fourth-order valence-electron chi connectivity index (χ4n) is 9.45. The number of hydrogen-bond acceptors (Lipinski definition) is 8. The van der Waals surface area contributed by atoms with E-state index in [2.05, 4.69) is 45.0 Å². The quantitative estimate of drug-likeness (QED) is 0.468. The highest BCUT2D eigenvalue weighted by atomic mass is 16.5. The van der Waals surface area contributed by atoms with E-state index in [1.165, 1.54) is 25.3 Å². The van der Waals surface area contributed by atoms with Gasteiger partial charge in [0.2, 0.25) is 11.8 Å². The number of nitrogens with zero attached hydrogens (tertiary/aromatic N) is 5. The first-order valence-corrected chi connectivity index (χ1v) is 16.0. The molecule has 41 heavy (non-hydrogen) atoms. The van der Waals surface area contributed by atoms with Crippen LogP contribution in [-0.4, -0.2) is 115 Å². The zero-order valence-electron chi connectivity index (χ0n) is 25.0. The summed E-state index contributed by atoms with van der Waals surface area (Å²) >= 11 is 0. The molecule has 6 fully saturated rings. The number of carbonyl (C=O) groups is 2. The van der Waals surface area contributed by atoms with Gasteiger partial charge in [-0.05, 0) is 70.5 Å². The molecule has 0 aromatic heterocycles. The predicted octanol–water partition coefficient (Wildman–Crippen LogP) is 1.70. The summed E-state index contributed by atoms with van der Waals surface area (Å²) in [5.74, 6) is 1.03. The number of carbonyl (C=O) groups excluding carboxylic acids is 2. The van der Waals surface area contributed by atoms with Crippen LogP contribution in [0.25, 0.3) is 0 Å². The van der Waals surface area contributed by atoms with Gasteiger partial charge >= 0.3 is 0 Å². The zero-order chi connectivity index (χ0) is 28.7. The van der Waals surface area contributed by atoms with Crippen LogP contribution in [0.4, 0.5) is 0 Å². The Morgan fingerprint density at radius 2 is 1.95 bits per heavy atom. The number of amides is 2. The number of nitrogens with one attached hydrogen (secondary N) is 2. The summed E-state index contributed by atoms with van der Waals surface area (Å²) in [5, 5.41) is 17.2. The van der Waals surface area contributed by atoms with Gasteiger partial charge in [-0.25, -0.2) is 0 Å². The van der Waals surface area contributed by atoms with Gasteiger partial charge in [-0.15, -0.1) is 0 Å². The summed E-state index contributed by atoms with van der Waals surface area (Å²) in [6.45, 7) is 7.41.